The number of rotatable bonds is 4. The molecular weight excluding hydrogens is 275 g/mol. The molecule has 0 bridgehead atoms. The van der Waals surface area contributed by atoms with Crippen LogP contribution in [-0.4, -0.2) is 6.10 Å². The lowest BCUT2D eigenvalue weighted by atomic mass is 10.00. The number of alkyl halides is 1. The van der Waals surface area contributed by atoms with Gasteiger partial charge in [0.05, 0.1) is 11.5 Å². The Morgan fingerprint density at radius 1 is 1.05 bits per heavy atom. The Labute approximate surface area is 124 Å². The third-order valence-corrected chi connectivity index (χ3v) is 3.54. The third-order valence-electron chi connectivity index (χ3n) is 3.05. The molecule has 0 heterocycles. The van der Waals surface area contributed by atoms with Crippen LogP contribution in [0, 0.1) is 12.7 Å². The normalized spacial score (nSPS) is 12.5. The van der Waals surface area contributed by atoms with Gasteiger partial charge in [0.1, 0.15) is 11.6 Å². The van der Waals surface area contributed by atoms with Crippen LogP contribution in [0.3, 0.4) is 0 Å². The molecule has 0 N–H and O–H groups in total. The summed E-state index contributed by atoms with van der Waals surface area (Å²) in [7, 11) is 0. The summed E-state index contributed by atoms with van der Waals surface area (Å²) in [6, 6.07) is 12.4. The molecule has 106 valence electrons. The van der Waals surface area contributed by atoms with Crippen molar-refractivity contribution >= 4 is 11.6 Å². The minimum Gasteiger partial charge on any atom is -0.491 e. The predicted octanol–water partition coefficient (Wildman–Crippen LogP) is 5.25. The van der Waals surface area contributed by atoms with Crippen LogP contribution >= 0.6 is 11.6 Å². The summed E-state index contributed by atoms with van der Waals surface area (Å²) in [6.07, 6.45) is 0.145. The van der Waals surface area contributed by atoms with Crippen LogP contribution in [0.4, 0.5) is 4.39 Å². The number of halogens is 2. The van der Waals surface area contributed by atoms with Gasteiger partial charge in [-0.15, -0.1) is 11.6 Å². The minimum absolute atomic E-state index is 0.145. The molecule has 0 spiro atoms. The highest BCUT2D eigenvalue weighted by Gasteiger charge is 2.13. The van der Waals surface area contributed by atoms with Crippen LogP contribution in [-0.2, 0) is 0 Å². The van der Waals surface area contributed by atoms with Crippen molar-refractivity contribution in [1.82, 2.24) is 0 Å². The Hall–Kier alpha value is -1.54. The molecule has 2 rings (SSSR count). The molecule has 1 unspecified atom stereocenters. The Kier molecular flexibility index (Phi) is 4.66. The first-order valence-corrected chi connectivity index (χ1v) is 7.07. The topological polar surface area (TPSA) is 9.23 Å². The lowest BCUT2D eigenvalue weighted by Crippen LogP contribution is -2.05. The van der Waals surface area contributed by atoms with Crippen molar-refractivity contribution in [2.45, 2.75) is 32.3 Å². The Bertz CT molecular complexity index is 578. The van der Waals surface area contributed by atoms with Crippen molar-refractivity contribution in [3.8, 4) is 5.75 Å². The maximum Gasteiger partial charge on any atom is 0.123 e. The molecule has 0 amide bonds. The van der Waals surface area contributed by atoms with Gasteiger partial charge in [-0.25, -0.2) is 4.39 Å². The van der Waals surface area contributed by atoms with Crippen molar-refractivity contribution < 1.29 is 9.13 Å². The highest BCUT2D eigenvalue weighted by molar-refractivity contribution is 6.22. The fourth-order valence-corrected chi connectivity index (χ4v) is 2.48. The molecule has 0 radical (unpaired) electrons. The van der Waals surface area contributed by atoms with Gasteiger partial charge in [0.25, 0.3) is 0 Å². The van der Waals surface area contributed by atoms with Gasteiger partial charge in [-0.1, -0.05) is 18.2 Å². The fraction of sp³-hybridized carbons (Fsp3) is 0.294. The maximum atomic E-state index is 13.1. The third kappa shape index (κ3) is 3.51. The largest absolute Gasteiger partial charge is 0.491 e. The van der Waals surface area contributed by atoms with E-state index < -0.39 is 0 Å². The molecule has 2 aromatic rings. The van der Waals surface area contributed by atoms with E-state index >= 15 is 0 Å². The number of benzene rings is 2. The van der Waals surface area contributed by atoms with E-state index in [-0.39, 0.29) is 17.3 Å². The van der Waals surface area contributed by atoms with Crippen LogP contribution < -0.4 is 4.74 Å². The molecule has 0 aliphatic carbocycles. The van der Waals surface area contributed by atoms with Crippen LogP contribution in [0.5, 0.6) is 5.75 Å². The van der Waals surface area contributed by atoms with Gasteiger partial charge < -0.3 is 4.74 Å². The van der Waals surface area contributed by atoms with E-state index in [0.717, 1.165) is 22.4 Å². The fourth-order valence-electron chi connectivity index (χ4n) is 2.09. The van der Waals surface area contributed by atoms with E-state index in [1.807, 2.05) is 45.0 Å². The summed E-state index contributed by atoms with van der Waals surface area (Å²) in [5, 5.41) is -0.288. The SMILES string of the molecule is Cc1cc(F)ccc1C(Cl)c1ccc(OC(C)C)cc1. The van der Waals surface area contributed by atoms with Crippen LogP contribution in [0.25, 0.3) is 0 Å². The van der Waals surface area contributed by atoms with Gasteiger partial charge in [-0.3, -0.25) is 0 Å². The highest BCUT2D eigenvalue weighted by Crippen LogP contribution is 2.32. The lowest BCUT2D eigenvalue weighted by Gasteiger charge is -2.15. The molecule has 3 heteroatoms. The van der Waals surface area contributed by atoms with E-state index in [2.05, 4.69) is 0 Å². The monoisotopic (exact) mass is 292 g/mol. The van der Waals surface area contributed by atoms with Gasteiger partial charge >= 0.3 is 0 Å². The summed E-state index contributed by atoms with van der Waals surface area (Å²) in [6.45, 7) is 5.84. The van der Waals surface area contributed by atoms with Crippen molar-refractivity contribution in [2.24, 2.45) is 0 Å². The number of hydrogen-bond acceptors (Lipinski definition) is 1. The summed E-state index contributed by atoms with van der Waals surface area (Å²) in [5.41, 5.74) is 2.75. The second-order valence-electron chi connectivity index (χ2n) is 5.10. The van der Waals surface area contributed by atoms with Gasteiger partial charge in [-0.2, -0.15) is 0 Å². The zero-order valence-corrected chi connectivity index (χ0v) is 12.6. The van der Waals surface area contributed by atoms with E-state index in [4.69, 9.17) is 16.3 Å². The molecule has 0 saturated carbocycles. The number of ether oxygens (including phenoxy) is 1. The van der Waals surface area contributed by atoms with Crippen LogP contribution in [0.15, 0.2) is 42.5 Å². The quantitative estimate of drug-likeness (QED) is 0.699. The van der Waals surface area contributed by atoms with Gasteiger partial charge in [0.15, 0.2) is 0 Å². The molecule has 0 aliphatic rings. The molecule has 2 aromatic carbocycles. The summed E-state index contributed by atoms with van der Waals surface area (Å²) < 4.78 is 18.7. The Morgan fingerprint density at radius 3 is 2.25 bits per heavy atom. The molecule has 20 heavy (non-hydrogen) atoms. The second-order valence-corrected chi connectivity index (χ2v) is 5.54. The molecular formula is C17H18ClFO. The second kappa shape index (κ2) is 6.27. The van der Waals surface area contributed by atoms with Gasteiger partial charge in [0.2, 0.25) is 0 Å². The van der Waals surface area contributed by atoms with Crippen molar-refractivity contribution in [2.75, 3.05) is 0 Å². The standard InChI is InChI=1S/C17H18ClFO/c1-11(2)20-15-7-4-13(5-8-15)17(18)16-9-6-14(19)10-12(16)3/h4-11,17H,1-3H3. The zero-order valence-electron chi connectivity index (χ0n) is 11.9. The van der Waals surface area contributed by atoms with Crippen molar-refractivity contribution in [1.29, 1.82) is 0 Å². The molecule has 0 aliphatic heterocycles. The van der Waals surface area contributed by atoms with Crippen LogP contribution in [0.1, 0.15) is 35.9 Å². The average Bonchev–Trinajstić information content (AvgIpc) is 2.38. The van der Waals surface area contributed by atoms with E-state index in [1.54, 1.807) is 6.07 Å². The van der Waals surface area contributed by atoms with E-state index in [0.29, 0.717) is 0 Å². The first-order chi connectivity index (χ1) is 9.47. The van der Waals surface area contributed by atoms with Gasteiger partial charge in [-0.05, 0) is 61.7 Å². The molecule has 0 saturated heterocycles. The molecule has 0 fully saturated rings. The average molecular weight is 293 g/mol. The summed E-state index contributed by atoms with van der Waals surface area (Å²) >= 11 is 6.48. The first-order valence-electron chi connectivity index (χ1n) is 6.64. The highest BCUT2D eigenvalue weighted by atomic mass is 35.5. The Morgan fingerprint density at radius 2 is 1.70 bits per heavy atom. The molecule has 1 atom stereocenters. The van der Waals surface area contributed by atoms with Crippen LogP contribution in [0.2, 0.25) is 0 Å². The maximum absolute atomic E-state index is 13.1. The molecule has 1 nitrogen and oxygen atoms in total. The van der Waals surface area contributed by atoms with Crippen molar-refractivity contribution in [3.63, 3.8) is 0 Å². The predicted molar refractivity (Wildman–Crippen MR) is 81.0 cm³/mol. The zero-order chi connectivity index (χ0) is 14.7. The van der Waals surface area contributed by atoms with E-state index in [9.17, 15) is 4.39 Å². The van der Waals surface area contributed by atoms with E-state index in [1.165, 1.54) is 12.1 Å². The van der Waals surface area contributed by atoms with Crippen molar-refractivity contribution in [3.05, 3.63) is 65.0 Å². The van der Waals surface area contributed by atoms with Gasteiger partial charge in [0, 0.05) is 0 Å². The number of hydrogen-bond donors (Lipinski definition) is 0. The molecule has 0 aromatic heterocycles. The minimum atomic E-state index is -0.288. The summed E-state index contributed by atoms with van der Waals surface area (Å²) in [5.74, 6) is 0.583. The first kappa shape index (κ1) is 14.9. The Balaban J connectivity index is 2.22. The summed E-state index contributed by atoms with van der Waals surface area (Å²) in [4.78, 5) is 0. The smallest absolute Gasteiger partial charge is 0.123 e. The number of aryl methyl sites for hydroxylation is 1. The lowest BCUT2D eigenvalue weighted by molar-refractivity contribution is 0.242.